The van der Waals surface area contributed by atoms with Crippen LogP contribution in [0.4, 0.5) is 4.39 Å². The van der Waals surface area contributed by atoms with Gasteiger partial charge in [0.1, 0.15) is 5.82 Å². The van der Waals surface area contributed by atoms with Crippen molar-refractivity contribution < 1.29 is 9.18 Å². The van der Waals surface area contributed by atoms with E-state index in [2.05, 4.69) is 15.9 Å². The Kier molecular flexibility index (Phi) is 3.60. The van der Waals surface area contributed by atoms with Crippen molar-refractivity contribution in [1.29, 1.82) is 0 Å². The molecule has 0 radical (unpaired) electrons. The predicted molar refractivity (Wildman–Crippen MR) is 69.0 cm³/mol. The van der Waals surface area contributed by atoms with Crippen molar-refractivity contribution in [3.63, 3.8) is 0 Å². The minimum Gasteiger partial charge on any atom is -0.288 e. The Morgan fingerprint density at radius 3 is 2.47 bits per heavy atom. The molecule has 2 aromatic rings. The molecule has 0 aromatic heterocycles. The van der Waals surface area contributed by atoms with Gasteiger partial charge >= 0.3 is 0 Å². The van der Waals surface area contributed by atoms with Crippen LogP contribution in [0.5, 0.6) is 0 Å². The molecule has 0 unspecified atom stereocenters. The molecule has 0 saturated carbocycles. The lowest BCUT2D eigenvalue weighted by atomic mass is 10.0. The van der Waals surface area contributed by atoms with Crippen LogP contribution >= 0.6 is 27.5 Å². The van der Waals surface area contributed by atoms with Crippen LogP contribution < -0.4 is 0 Å². The summed E-state index contributed by atoms with van der Waals surface area (Å²) in [6.07, 6.45) is 0. The molecule has 17 heavy (non-hydrogen) atoms. The Morgan fingerprint density at radius 1 is 1.18 bits per heavy atom. The summed E-state index contributed by atoms with van der Waals surface area (Å²) in [5, 5.41) is 0.311. The topological polar surface area (TPSA) is 17.1 Å². The second-order valence-corrected chi connectivity index (χ2v) is 4.70. The zero-order chi connectivity index (χ0) is 12.4. The van der Waals surface area contributed by atoms with Gasteiger partial charge in [0.2, 0.25) is 0 Å². The van der Waals surface area contributed by atoms with E-state index in [1.165, 1.54) is 12.1 Å². The fraction of sp³-hybridized carbons (Fsp3) is 0. The van der Waals surface area contributed by atoms with E-state index >= 15 is 0 Å². The third-order valence-corrected chi connectivity index (χ3v) is 3.49. The number of carbonyl (C=O) groups excluding carboxylic acids is 1. The number of ketones is 1. The molecule has 0 N–H and O–H groups in total. The standard InChI is InChI=1S/C13H7BrClFO/c14-10-7-12(16)9(6-11(10)15)13(17)8-4-2-1-3-5-8/h1-7H. The maximum absolute atomic E-state index is 13.7. The molecule has 0 spiro atoms. The maximum atomic E-state index is 13.7. The summed E-state index contributed by atoms with van der Waals surface area (Å²) in [5.41, 5.74) is 0.411. The van der Waals surface area contributed by atoms with Crippen LogP contribution in [0, 0.1) is 5.82 Å². The number of benzene rings is 2. The zero-order valence-corrected chi connectivity index (χ0v) is 10.9. The molecule has 0 saturated heterocycles. The number of carbonyl (C=O) groups is 1. The van der Waals surface area contributed by atoms with Gasteiger partial charge in [0.15, 0.2) is 5.78 Å². The first-order valence-electron chi connectivity index (χ1n) is 4.84. The van der Waals surface area contributed by atoms with Crippen molar-refractivity contribution in [1.82, 2.24) is 0 Å². The molecule has 2 aromatic carbocycles. The molecule has 0 aliphatic rings. The normalized spacial score (nSPS) is 10.3. The smallest absolute Gasteiger partial charge is 0.196 e. The van der Waals surface area contributed by atoms with Crippen LogP contribution in [0.25, 0.3) is 0 Å². The highest BCUT2D eigenvalue weighted by Gasteiger charge is 2.15. The van der Waals surface area contributed by atoms with Crippen molar-refractivity contribution in [3.8, 4) is 0 Å². The number of halogens is 3. The highest BCUT2D eigenvalue weighted by molar-refractivity contribution is 9.10. The van der Waals surface area contributed by atoms with Crippen LogP contribution in [0.2, 0.25) is 5.02 Å². The zero-order valence-electron chi connectivity index (χ0n) is 8.58. The van der Waals surface area contributed by atoms with Crippen molar-refractivity contribution in [3.05, 3.63) is 68.9 Å². The van der Waals surface area contributed by atoms with E-state index in [4.69, 9.17) is 11.6 Å². The van der Waals surface area contributed by atoms with Crippen LogP contribution in [-0.2, 0) is 0 Å². The third kappa shape index (κ3) is 2.56. The van der Waals surface area contributed by atoms with Gasteiger partial charge in [-0.2, -0.15) is 0 Å². The van der Waals surface area contributed by atoms with Crippen LogP contribution in [0.3, 0.4) is 0 Å². The van der Waals surface area contributed by atoms with E-state index in [9.17, 15) is 9.18 Å². The van der Waals surface area contributed by atoms with E-state index in [1.54, 1.807) is 30.3 Å². The molecule has 86 valence electrons. The number of hydrogen-bond acceptors (Lipinski definition) is 1. The van der Waals surface area contributed by atoms with Crippen molar-refractivity contribution in [2.45, 2.75) is 0 Å². The molecule has 0 atom stereocenters. The van der Waals surface area contributed by atoms with Crippen molar-refractivity contribution in [2.24, 2.45) is 0 Å². The second kappa shape index (κ2) is 4.98. The maximum Gasteiger partial charge on any atom is 0.196 e. The summed E-state index contributed by atoms with van der Waals surface area (Å²) < 4.78 is 14.1. The molecule has 0 aliphatic heterocycles. The van der Waals surface area contributed by atoms with E-state index in [-0.39, 0.29) is 11.3 Å². The summed E-state index contributed by atoms with van der Waals surface area (Å²) in [7, 11) is 0. The van der Waals surface area contributed by atoms with E-state index in [1.807, 2.05) is 0 Å². The Labute approximate surface area is 111 Å². The molecule has 0 fully saturated rings. The van der Waals surface area contributed by atoms with Gasteiger partial charge in [0.05, 0.1) is 10.6 Å². The molecule has 2 rings (SSSR count). The third-order valence-electron chi connectivity index (χ3n) is 2.29. The van der Waals surface area contributed by atoms with Gasteiger partial charge in [-0.15, -0.1) is 0 Å². The SMILES string of the molecule is O=C(c1ccccc1)c1cc(Cl)c(Br)cc1F. The lowest BCUT2D eigenvalue weighted by Gasteiger charge is -2.04. The Bertz CT molecular complexity index is 569. The first kappa shape index (κ1) is 12.3. The predicted octanol–water partition coefficient (Wildman–Crippen LogP) is 4.47. The first-order valence-corrected chi connectivity index (χ1v) is 6.01. The Balaban J connectivity index is 2.48. The quantitative estimate of drug-likeness (QED) is 0.590. The van der Waals surface area contributed by atoms with Crippen LogP contribution in [0.1, 0.15) is 15.9 Å². The highest BCUT2D eigenvalue weighted by atomic mass is 79.9. The fourth-order valence-corrected chi connectivity index (χ4v) is 1.92. The van der Waals surface area contributed by atoms with E-state index in [0.29, 0.717) is 15.1 Å². The van der Waals surface area contributed by atoms with Crippen LogP contribution in [-0.4, -0.2) is 5.78 Å². The van der Waals surface area contributed by atoms with Gasteiger partial charge in [-0.1, -0.05) is 41.9 Å². The molecule has 0 heterocycles. The molecule has 4 heteroatoms. The molecular weight excluding hydrogens is 306 g/mol. The monoisotopic (exact) mass is 312 g/mol. The Morgan fingerprint density at radius 2 is 1.82 bits per heavy atom. The van der Waals surface area contributed by atoms with Gasteiger partial charge in [-0.25, -0.2) is 4.39 Å². The molecule has 0 amide bonds. The lowest BCUT2D eigenvalue weighted by molar-refractivity contribution is 0.103. The van der Waals surface area contributed by atoms with E-state index in [0.717, 1.165) is 0 Å². The minimum atomic E-state index is -0.588. The van der Waals surface area contributed by atoms with Gasteiger partial charge in [-0.3, -0.25) is 4.79 Å². The van der Waals surface area contributed by atoms with Gasteiger partial charge in [0.25, 0.3) is 0 Å². The molecule has 0 aliphatic carbocycles. The first-order chi connectivity index (χ1) is 8.09. The average Bonchev–Trinajstić information content (AvgIpc) is 2.34. The summed E-state index contributed by atoms with van der Waals surface area (Å²) in [4.78, 5) is 12.0. The fourth-order valence-electron chi connectivity index (χ4n) is 1.44. The van der Waals surface area contributed by atoms with Crippen molar-refractivity contribution >= 4 is 33.3 Å². The van der Waals surface area contributed by atoms with E-state index < -0.39 is 5.82 Å². The molecular formula is C13H7BrClFO. The molecule has 1 nitrogen and oxygen atoms in total. The van der Waals surface area contributed by atoms with Gasteiger partial charge in [0, 0.05) is 10.0 Å². The molecule has 0 bridgehead atoms. The summed E-state index contributed by atoms with van der Waals surface area (Å²) in [6.45, 7) is 0. The van der Waals surface area contributed by atoms with Crippen molar-refractivity contribution in [2.75, 3.05) is 0 Å². The summed E-state index contributed by atoms with van der Waals surface area (Å²) in [5.74, 6) is -0.965. The average molecular weight is 314 g/mol. The van der Waals surface area contributed by atoms with Gasteiger partial charge in [-0.05, 0) is 28.1 Å². The number of rotatable bonds is 2. The Hall–Kier alpha value is -1.19. The summed E-state index contributed by atoms with van der Waals surface area (Å²) in [6, 6.07) is 11.0. The largest absolute Gasteiger partial charge is 0.288 e. The van der Waals surface area contributed by atoms with Gasteiger partial charge < -0.3 is 0 Å². The highest BCUT2D eigenvalue weighted by Crippen LogP contribution is 2.26. The second-order valence-electron chi connectivity index (χ2n) is 3.44. The van der Waals surface area contributed by atoms with Crippen LogP contribution in [0.15, 0.2) is 46.9 Å². The minimum absolute atomic E-state index is 0.0237. The summed E-state index contributed by atoms with van der Waals surface area (Å²) >= 11 is 8.95. The number of hydrogen-bond donors (Lipinski definition) is 0. The lowest BCUT2D eigenvalue weighted by Crippen LogP contribution is -2.04.